The van der Waals surface area contributed by atoms with Gasteiger partial charge in [-0.05, 0) is 42.0 Å². The minimum Gasteiger partial charge on any atom is -0.322 e. The van der Waals surface area contributed by atoms with Crippen molar-refractivity contribution >= 4 is 17.7 Å². The molecule has 4 heteroatoms. The van der Waals surface area contributed by atoms with Crippen molar-refractivity contribution in [3.8, 4) is 6.07 Å². The Labute approximate surface area is 111 Å². The van der Waals surface area contributed by atoms with Crippen molar-refractivity contribution < 1.29 is 4.79 Å². The quantitative estimate of drug-likeness (QED) is 0.850. The summed E-state index contributed by atoms with van der Waals surface area (Å²) < 4.78 is 0. The van der Waals surface area contributed by atoms with Gasteiger partial charge in [0.1, 0.15) is 0 Å². The molecule has 0 aliphatic rings. The summed E-state index contributed by atoms with van der Waals surface area (Å²) in [5.41, 5.74) is 2.01. The fourth-order valence-corrected chi connectivity index (χ4v) is 1.50. The van der Waals surface area contributed by atoms with Gasteiger partial charge < -0.3 is 5.32 Å². The number of pyridine rings is 1. The Morgan fingerprint density at radius 2 is 2.05 bits per heavy atom. The number of nitrogens with one attached hydrogen (secondary N) is 1. The van der Waals surface area contributed by atoms with Crippen molar-refractivity contribution in [3.05, 3.63) is 66.0 Å². The maximum atomic E-state index is 11.7. The molecule has 0 saturated carbocycles. The van der Waals surface area contributed by atoms with Gasteiger partial charge in [-0.25, -0.2) is 0 Å². The van der Waals surface area contributed by atoms with Gasteiger partial charge in [0.25, 0.3) is 0 Å². The van der Waals surface area contributed by atoms with Crippen LogP contribution in [0, 0.1) is 11.3 Å². The Bertz CT molecular complexity index is 642. The van der Waals surface area contributed by atoms with E-state index in [1.807, 2.05) is 6.07 Å². The molecule has 19 heavy (non-hydrogen) atoms. The van der Waals surface area contributed by atoms with Gasteiger partial charge in [-0.15, -0.1) is 0 Å². The highest BCUT2D eigenvalue weighted by molar-refractivity contribution is 6.01. The normalized spacial score (nSPS) is 10.1. The summed E-state index contributed by atoms with van der Waals surface area (Å²) in [6, 6.07) is 12.4. The van der Waals surface area contributed by atoms with E-state index >= 15 is 0 Å². The number of nitrogens with zero attached hydrogens (tertiary/aromatic N) is 2. The van der Waals surface area contributed by atoms with E-state index < -0.39 is 0 Å². The Kier molecular flexibility index (Phi) is 4.04. The van der Waals surface area contributed by atoms with Crippen LogP contribution in [0.4, 0.5) is 5.69 Å². The second-order valence-corrected chi connectivity index (χ2v) is 3.80. The molecular formula is C15H11N3O. The second kappa shape index (κ2) is 6.12. The minimum atomic E-state index is -0.244. The van der Waals surface area contributed by atoms with Crippen molar-refractivity contribution in [2.45, 2.75) is 0 Å². The third-order valence-corrected chi connectivity index (χ3v) is 2.39. The van der Waals surface area contributed by atoms with Crippen LogP contribution >= 0.6 is 0 Å². The van der Waals surface area contributed by atoms with E-state index in [0.29, 0.717) is 11.3 Å². The molecule has 92 valence electrons. The third kappa shape index (κ3) is 3.79. The lowest BCUT2D eigenvalue weighted by Gasteiger charge is -2.01. The molecule has 2 rings (SSSR count). The largest absolute Gasteiger partial charge is 0.322 e. The predicted octanol–water partition coefficient (Wildman–Crippen LogP) is 2.61. The molecule has 2 aromatic rings. The number of hydrogen-bond donors (Lipinski definition) is 1. The van der Waals surface area contributed by atoms with Crippen LogP contribution in [0.25, 0.3) is 6.08 Å². The topological polar surface area (TPSA) is 65.8 Å². The Balaban J connectivity index is 2.02. The maximum absolute atomic E-state index is 11.7. The van der Waals surface area contributed by atoms with Crippen LogP contribution in [0.1, 0.15) is 11.1 Å². The fourth-order valence-electron chi connectivity index (χ4n) is 1.50. The zero-order chi connectivity index (χ0) is 13.5. The summed E-state index contributed by atoms with van der Waals surface area (Å²) in [5.74, 6) is -0.244. The molecule has 1 amide bonds. The molecule has 1 aromatic heterocycles. The zero-order valence-electron chi connectivity index (χ0n) is 10.1. The number of benzene rings is 1. The van der Waals surface area contributed by atoms with Crippen LogP contribution in [-0.2, 0) is 4.79 Å². The van der Waals surface area contributed by atoms with E-state index in [0.717, 1.165) is 5.56 Å². The molecule has 1 N–H and O–H groups in total. The summed E-state index contributed by atoms with van der Waals surface area (Å²) in [7, 11) is 0. The Morgan fingerprint density at radius 3 is 2.79 bits per heavy atom. The van der Waals surface area contributed by atoms with Crippen molar-refractivity contribution in [1.82, 2.24) is 4.98 Å². The van der Waals surface area contributed by atoms with E-state index in [4.69, 9.17) is 5.26 Å². The number of nitriles is 1. The number of carbonyl (C=O) groups is 1. The summed E-state index contributed by atoms with van der Waals surface area (Å²) in [6.07, 6.45) is 6.46. The molecule has 4 nitrogen and oxygen atoms in total. The van der Waals surface area contributed by atoms with Gasteiger partial charge >= 0.3 is 0 Å². The summed E-state index contributed by atoms with van der Waals surface area (Å²) in [5, 5.41) is 11.5. The summed E-state index contributed by atoms with van der Waals surface area (Å²) >= 11 is 0. The lowest BCUT2D eigenvalue weighted by atomic mass is 10.2. The monoisotopic (exact) mass is 249 g/mol. The Hall–Kier alpha value is -2.93. The van der Waals surface area contributed by atoms with Crippen LogP contribution in [-0.4, -0.2) is 10.9 Å². The number of hydrogen-bond acceptors (Lipinski definition) is 3. The van der Waals surface area contributed by atoms with Crippen LogP contribution in [0.3, 0.4) is 0 Å². The van der Waals surface area contributed by atoms with E-state index in [2.05, 4.69) is 10.3 Å². The first-order valence-electron chi connectivity index (χ1n) is 5.67. The fraction of sp³-hybridized carbons (Fsp3) is 0. The molecule has 1 heterocycles. The first-order chi connectivity index (χ1) is 9.28. The highest BCUT2D eigenvalue weighted by Gasteiger charge is 1.98. The molecule has 0 unspecified atom stereocenters. The summed E-state index contributed by atoms with van der Waals surface area (Å²) in [6.45, 7) is 0. The Morgan fingerprint density at radius 1 is 1.26 bits per heavy atom. The molecule has 0 spiro atoms. The minimum absolute atomic E-state index is 0.244. The van der Waals surface area contributed by atoms with E-state index in [1.165, 1.54) is 6.08 Å². The number of anilines is 1. The number of aromatic nitrogens is 1. The molecule has 0 fully saturated rings. The molecule has 0 bridgehead atoms. The zero-order valence-corrected chi connectivity index (χ0v) is 10.1. The highest BCUT2D eigenvalue weighted by Crippen LogP contribution is 2.10. The van der Waals surface area contributed by atoms with Crippen LogP contribution < -0.4 is 5.32 Å². The van der Waals surface area contributed by atoms with Gasteiger partial charge in [-0.1, -0.05) is 6.07 Å². The maximum Gasteiger partial charge on any atom is 0.248 e. The lowest BCUT2D eigenvalue weighted by Crippen LogP contribution is -2.07. The summed E-state index contributed by atoms with van der Waals surface area (Å²) in [4.78, 5) is 15.6. The molecule has 0 saturated heterocycles. The average Bonchev–Trinajstić information content (AvgIpc) is 2.46. The van der Waals surface area contributed by atoms with E-state index in [-0.39, 0.29) is 5.91 Å². The van der Waals surface area contributed by atoms with Crippen LogP contribution in [0.15, 0.2) is 54.9 Å². The number of carbonyl (C=O) groups excluding carboxylic acids is 1. The number of rotatable bonds is 3. The van der Waals surface area contributed by atoms with Gasteiger partial charge in [0.2, 0.25) is 5.91 Å². The average molecular weight is 249 g/mol. The SMILES string of the molecule is N#Cc1cccc(NC(=O)C=Cc2ccncc2)c1. The van der Waals surface area contributed by atoms with Crippen molar-refractivity contribution in [2.75, 3.05) is 5.32 Å². The number of amides is 1. The van der Waals surface area contributed by atoms with Gasteiger partial charge in [0.15, 0.2) is 0 Å². The predicted molar refractivity (Wildman–Crippen MR) is 73.1 cm³/mol. The molecule has 0 radical (unpaired) electrons. The first kappa shape index (κ1) is 12.5. The van der Waals surface area contributed by atoms with Crippen LogP contribution in [0.2, 0.25) is 0 Å². The smallest absolute Gasteiger partial charge is 0.248 e. The van der Waals surface area contributed by atoms with E-state index in [9.17, 15) is 4.79 Å². The lowest BCUT2D eigenvalue weighted by molar-refractivity contribution is -0.111. The third-order valence-electron chi connectivity index (χ3n) is 2.39. The van der Waals surface area contributed by atoms with Gasteiger partial charge in [-0.2, -0.15) is 5.26 Å². The van der Waals surface area contributed by atoms with Gasteiger partial charge in [0.05, 0.1) is 11.6 Å². The standard InChI is InChI=1S/C15H11N3O/c16-11-13-2-1-3-14(10-13)18-15(19)5-4-12-6-8-17-9-7-12/h1-10H,(H,18,19). The van der Waals surface area contributed by atoms with Crippen LogP contribution in [0.5, 0.6) is 0 Å². The van der Waals surface area contributed by atoms with Crippen molar-refractivity contribution in [3.63, 3.8) is 0 Å². The molecular weight excluding hydrogens is 238 g/mol. The van der Waals surface area contributed by atoms with E-state index in [1.54, 1.807) is 54.9 Å². The van der Waals surface area contributed by atoms with Crippen molar-refractivity contribution in [1.29, 1.82) is 5.26 Å². The molecule has 0 aliphatic carbocycles. The highest BCUT2D eigenvalue weighted by atomic mass is 16.1. The van der Waals surface area contributed by atoms with Gasteiger partial charge in [-0.3, -0.25) is 9.78 Å². The second-order valence-electron chi connectivity index (χ2n) is 3.80. The molecule has 0 aliphatic heterocycles. The van der Waals surface area contributed by atoms with Gasteiger partial charge in [0, 0.05) is 24.2 Å². The first-order valence-corrected chi connectivity index (χ1v) is 5.67. The molecule has 1 aromatic carbocycles. The van der Waals surface area contributed by atoms with Crippen molar-refractivity contribution in [2.24, 2.45) is 0 Å². The molecule has 0 atom stereocenters.